The molecule has 1 heterocycles. The molecule has 0 aromatic carbocycles. The molecule has 122 valence electrons. The minimum atomic E-state index is -0.383. The van der Waals surface area contributed by atoms with Gasteiger partial charge in [0.2, 0.25) is 0 Å². The van der Waals surface area contributed by atoms with E-state index in [-0.39, 0.29) is 12.1 Å². The van der Waals surface area contributed by atoms with Gasteiger partial charge in [-0.15, -0.1) is 0 Å². The van der Waals surface area contributed by atoms with Gasteiger partial charge in [-0.05, 0) is 19.3 Å². The van der Waals surface area contributed by atoms with E-state index in [1.807, 2.05) is 11.8 Å². The van der Waals surface area contributed by atoms with Crippen LogP contribution in [0.25, 0.3) is 0 Å². The number of aliphatic imine (C=N–C) groups is 1. The van der Waals surface area contributed by atoms with Crippen molar-refractivity contribution in [1.29, 1.82) is 0 Å². The number of nitrogens with two attached hydrogens (primary N) is 1. The Bertz CT molecular complexity index is 344. The first kappa shape index (κ1) is 17.9. The van der Waals surface area contributed by atoms with Crippen LogP contribution >= 0.6 is 11.8 Å². The first-order valence-corrected chi connectivity index (χ1v) is 8.74. The highest BCUT2D eigenvalue weighted by atomic mass is 32.2. The van der Waals surface area contributed by atoms with Crippen LogP contribution in [0.5, 0.6) is 0 Å². The van der Waals surface area contributed by atoms with Crippen LogP contribution in [0, 0.1) is 5.92 Å². The first-order valence-electron chi connectivity index (χ1n) is 7.58. The molecule has 1 aliphatic rings. The SMILES string of the molecule is CCOC(=O)NC(CN=C(N)N1CCSCC1)CC(C)C. The molecular weight excluding hydrogens is 288 g/mol. The van der Waals surface area contributed by atoms with Gasteiger partial charge in [0.15, 0.2) is 5.96 Å². The maximum atomic E-state index is 11.6. The normalized spacial score (nSPS) is 17.7. The zero-order valence-corrected chi connectivity index (χ0v) is 14.1. The third-order valence-corrected chi connectivity index (χ3v) is 4.10. The number of carbonyl (C=O) groups is 1. The summed E-state index contributed by atoms with van der Waals surface area (Å²) in [6, 6.07) is -0.0400. The summed E-state index contributed by atoms with van der Waals surface area (Å²) in [6.07, 6.45) is 0.470. The number of nitrogens with zero attached hydrogens (tertiary/aromatic N) is 2. The van der Waals surface area contributed by atoms with E-state index in [0.29, 0.717) is 25.0 Å². The lowest BCUT2D eigenvalue weighted by Gasteiger charge is -2.27. The second kappa shape index (κ2) is 9.76. The highest BCUT2D eigenvalue weighted by Gasteiger charge is 2.16. The molecule has 1 fully saturated rings. The van der Waals surface area contributed by atoms with Crippen LogP contribution < -0.4 is 11.1 Å². The van der Waals surface area contributed by atoms with Crippen LogP contribution in [0.15, 0.2) is 4.99 Å². The molecular formula is C14H28N4O2S. The smallest absolute Gasteiger partial charge is 0.407 e. The fourth-order valence-corrected chi connectivity index (χ4v) is 3.09. The molecule has 21 heavy (non-hydrogen) atoms. The lowest BCUT2D eigenvalue weighted by Crippen LogP contribution is -2.44. The van der Waals surface area contributed by atoms with Gasteiger partial charge in [-0.1, -0.05) is 13.8 Å². The van der Waals surface area contributed by atoms with E-state index in [2.05, 4.69) is 29.1 Å². The number of carbonyl (C=O) groups excluding carboxylic acids is 1. The second-order valence-electron chi connectivity index (χ2n) is 5.49. The van der Waals surface area contributed by atoms with E-state index >= 15 is 0 Å². The van der Waals surface area contributed by atoms with Crippen molar-refractivity contribution in [3.05, 3.63) is 0 Å². The van der Waals surface area contributed by atoms with Crippen molar-refractivity contribution >= 4 is 23.8 Å². The quantitative estimate of drug-likeness (QED) is 0.573. The fourth-order valence-electron chi connectivity index (χ4n) is 2.18. The first-order chi connectivity index (χ1) is 10.0. The molecule has 0 saturated carbocycles. The molecule has 1 amide bonds. The fraction of sp³-hybridized carbons (Fsp3) is 0.857. The molecule has 7 heteroatoms. The molecule has 0 radical (unpaired) electrons. The molecule has 6 nitrogen and oxygen atoms in total. The van der Waals surface area contributed by atoms with Crippen LogP contribution in [0.4, 0.5) is 4.79 Å². The summed E-state index contributed by atoms with van der Waals surface area (Å²) in [5, 5.41) is 2.86. The van der Waals surface area contributed by atoms with Gasteiger partial charge in [-0.25, -0.2) is 4.79 Å². The maximum absolute atomic E-state index is 11.6. The minimum Gasteiger partial charge on any atom is -0.450 e. The highest BCUT2D eigenvalue weighted by molar-refractivity contribution is 7.99. The highest BCUT2D eigenvalue weighted by Crippen LogP contribution is 2.09. The monoisotopic (exact) mass is 316 g/mol. The summed E-state index contributed by atoms with van der Waals surface area (Å²) >= 11 is 1.94. The van der Waals surface area contributed by atoms with E-state index in [4.69, 9.17) is 10.5 Å². The molecule has 1 unspecified atom stereocenters. The number of nitrogens with one attached hydrogen (secondary N) is 1. The summed E-state index contributed by atoms with van der Waals surface area (Å²) in [6.45, 7) is 8.79. The zero-order valence-electron chi connectivity index (χ0n) is 13.3. The molecule has 1 aliphatic heterocycles. The van der Waals surface area contributed by atoms with Gasteiger partial charge in [0.1, 0.15) is 0 Å². The minimum absolute atomic E-state index is 0.0400. The number of thioether (sulfide) groups is 1. The molecule has 1 saturated heterocycles. The summed E-state index contributed by atoms with van der Waals surface area (Å²) in [5.74, 6) is 3.23. The lowest BCUT2D eigenvalue weighted by atomic mass is 10.0. The third kappa shape index (κ3) is 7.45. The Kier molecular flexibility index (Phi) is 8.34. The van der Waals surface area contributed by atoms with Gasteiger partial charge in [0.05, 0.1) is 19.2 Å². The summed E-state index contributed by atoms with van der Waals surface area (Å²) in [7, 11) is 0. The summed E-state index contributed by atoms with van der Waals surface area (Å²) in [4.78, 5) is 18.1. The van der Waals surface area contributed by atoms with Gasteiger partial charge in [0.25, 0.3) is 0 Å². The Hall–Kier alpha value is -1.11. The van der Waals surface area contributed by atoms with Crippen molar-refractivity contribution in [3.8, 4) is 0 Å². The standard InChI is InChI=1S/C14H28N4O2S/c1-4-20-14(19)17-12(9-11(2)3)10-16-13(15)18-5-7-21-8-6-18/h11-12H,4-10H2,1-3H3,(H2,15,16)(H,17,19). The van der Waals surface area contributed by atoms with E-state index in [9.17, 15) is 4.79 Å². The third-order valence-electron chi connectivity index (χ3n) is 3.16. The predicted octanol–water partition coefficient (Wildman–Crippen LogP) is 1.51. The number of ether oxygens (including phenoxy) is 1. The lowest BCUT2D eigenvalue weighted by molar-refractivity contribution is 0.147. The van der Waals surface area contributed by atoms with Crippen molar-refractivity contribution in [2.75, 3.05) is 37.7 Å². The van der Waals surface area contributed by atoms with Crippen molar-refractivity contribution < 1.29 is 9.53 Å². The number of rotatable bonds is 6. The largest absolute Gasteiger partial charge is 0.450 e. The van der Waals surface area contributed by atoms with Crippen molar-refractivity contribution in [2.45, 2.75) is 33.2 Å². The maximum Gasteiger partial charge on any atom is 0.407 e. The van der Waals surface area contributed by atoms with Crippen LogP contribution in [-0.2, 0) is 4.74 Å². The average molecular weight is 316 g/mol. The molecule has 3 N–H and O–H groups in total. The summed E-state index contributed by atoms with van der Waals surface area (Å²) in [5.41, 5.74) is 6.04. The summed E-state index contributed by atoms with van der Waals surface area (Å²) < 4.78 is 4.93. The van der Waals surface area contributed by atoms with Gasteiger partial charge in [-0.2, -0.15) is 11.8 Å². The average Bonchev–Trinajstić information content (AvgIpc) is 2.45. The van der Waals surface area contributed by atoms with E-state index in [1.165, 1.54) is 0 Å². The zero-order chi connectivity index (χ0) is 15.7. The van der Waals surface area contributed by atoms with Gasteiger partial charge >= 0.3 is 6.09 Å². The second-order valence-corrected chi connectivity index (χ2v) is 6.71. The molecule has 0 aliphatic carbocycles. The van der Waals surface area contributed by atoms with Crippen LogP contribution in [0.1, 0.15) is 27.2 Å². The molecule has 0 aromatic rings. The molecule has 1 rings (SSSR count). The molecule has 0 spiro atoms. The van der Waals surface area contributed by atoms with Crippen molar-refractivity contribution in [1.82, 2.24) is 10.2 Å². The van der Waals surface area contributed by atoms with E-state index in [0.717, 1.165) is 31.0 Å². The number of hydrogen-bond donors (Lipinski definition) is 2. The van der Waals surface area contributed by atoms with Crippen LogP contribution in [0.3, 0.4) is 0 Å². The van der Waals surface area contributed by atoms with Crippen LogP contribution in [-0.4, -0.2) is 60.7 Å². The Labute approximate surface area is 131 Å². The molecule has 1 atom stereocenters. The van der Waals surface area contributed by atoms with E-state index < -0.39 is 0 Å². The Morgan fingerprint density at radius 2 is 2.10 bits per heavy atom. The van der Waals surface area contributed by atoms with Gasteiger partial charge in [0, 0.05) is 24.6 Å². The van der Waals surface area contributed by atoms with Gasteiger partial charge < -0.3 is 20.7 Å². The number of guanidine groups is 1. The van der Waals surface area contributed by atoms with Crippen molar-refractivity contribution in [3.63, 3.8) is 0 Å². The van der Waals surface area contributed by atoms with Crippen LogP contribution in [0.2, 0.25) is 0 Å². The molecule has 0 bridgehead atoms. The Morgan fingerprint density at radius 3 is 2.67 bits per heavy atom. The Morgan fingerprint density at radius 1 is 1.43 bits per heavy atom. The van der Waals surface area contributed by atoms with Gasteiger partial charge in [-0.3, -0.25) is 4.99 Å². The molecule has 0 aromatic heterocycles. The van der Waals surface area contributed by atoms with Crippen molar-refractivity contribution in [2.24, 2.45) is 16.6 Å². The van der Waals surface area contributed by atoms with E-state index in [1.54, 1.807) is 6.92 Å². The Balaban J connectivity index is 2.51. The topological polar surface area (TPSA) is 79.9 Å². The number of hydrogen-bond acceptors (Lipinski definition) is 4. The number of alkyl carbamates (subject to hydrolysis) is 1. The number of amides is 1. The predicted molar refractivity (Wildman–Crippen MR) is 88.8 cm³/mol.